The van der Waals surface area contributed by atoms with Crippen molar-refractivity contribution >= 4 is 28.5 Å². The van der Waals surface area contributed by atoms with Gasteiger partial charge in [0.15, 0.2) is 0 Å². The zero-order chi connectivity index (χ0) is 14.0. The number of nitriles is 1. The van der Waals surface area contributed by atoms with E-state index in [9.17, 15) is 9.59 Å². The lowest BCUT2D eigenvalue weighted by atomic mass is 10.1. The number of benzene rings is 1. The van der Waals surface area contributed by atoms with Gasteiger partial charge in [-0.2, -0.15) is 5.26 Å². The summed E-state index contributed by atoms with van der Waals surface area (Å²) in [5, 5.41) is 9.34. The number of aromatic nitrogens is 1. The summed E-state index contributed by atoms with van der Waals surface area (Å²) in [5.41, 5.74) is -0.218. The highest BCUT2D eigenvalue weighted by Gasteiger charge is 2.17. The van der Waals surface area contributed by atoms with Crippen molar-refractivity contribution in [2.75, 3.05) is 6.61 Å². The van der Waals surface area contributed by atoms with Gasteiger partial charge in [-0.3, -0.25) is 4.79 Å². The molecule has 1 aromatic heterocycles. The maximum atomic E-state index is 12.2. The van der Waals surface area contributed by atoms with Crippen LogP contribution in [0.5, 0.6) is 0 Å². The molecule has 1 aromatic carbocycles. The number of aromatic amines is 1. The van der Waals surface area contributed by atoms with E-state index in [0.717, 1.165) is 0 Å². The molecular weight excluding hydrogens is 268 g/mol. The van der Waals surface area contributed by atoms with Gasteiger partial charge in [-0.1, -0.05) is 11.6 Å². The first kappa shape index (κ1) is 13.1. The summed E-state index contributed by atoms with van der Waals surface area (Å²) in [5.74, 6) is -0.727. The van der Waals surface area contributed by atoms with Crippen molar-refractivity contribution in [2.24, 2.45) is 0 Å². The molecule has 1 heterocycles. The van der Waals surface area contributed by atoms with E-state index < -0.39 is 11.4 Å². The maximum absolute atomic E-state index is 12.2. The molecule has 0 radical (unpaired) electrons. The summed E-state index contributed by atoms with van der Waals surface area (Å²) in [6.45, 7) is 1.81. The molecule has 0 aliphatic heterocycles. The molecule has 96 valence electrons. The largest absolute Gasteiger partial charge is 0.462 e. The third kappa shape index (κ3) is 2.18. The molecule has 6 heteroatoms. The summed E-state index contributed by atoms with van der Waals surface area (Å²) >= 11 is 5.88. The normalized spacial score (nSPS) is 10.2. The van der Waals surface area contributed by atoms with Crippen LogP contribution in [0.25, 0.3) is 10.9 Å². The summed E-state index contributed by atoms with van der Waals surface area (Å²) in [6.07, 6.45) is 1.28. The molecule has 0 fully saturated rings. The lowest BCUT2D eigenvalue weighted by molar-refractivity contribution is 0.0524. The second-order valence-electron chi connectivity index (χ2n) is 3.71. The number of fused-ring (bicyclic) bond motifs is 1. The first-order chi connectivity index (χ1) is 9.10. The first-order valence-corrected chi connectivity index (χ1v) is 5.89. The highest BCUT2D eigenvalue weighted by atomic mass is 35.5. The van der Waals surface area contributed by atoms with Crippen LogP contribution in [0.2, 0.25) is 5.02 Å². The molecule has 0 amide bonds. The minimum absolute atomic E-state index is 0.0477. The van der Waals surface area contributed by atoms with Crippen LogP contribution < -0.4 is 5.43 Å². The Morgan fingerprint density at radius 1 is 1.53 bits per heavy atom. The van der Waals surface area contributed by atoms with Crippen molar-refractivity contribution in [3.05, 3.63) is 44.7 Å². The summed E-state index contributed by atoms with van der Waals surface area (Å²) in [7, 11) is 0. The average Bonchev–Trinajstić information content (AvgIpc) is 2.39. The van der Waals surface area contributed by atoms with E-state index in [-0.39, 0.29) is 28.1 Å². The Hall–Kier alpha value is -2.32. The Balaban J connectivity index is 2.81. The van der Waals surface area contributed by atoms with Gasteiger partial charge in [-0.05, 0) is 19.1 Å². The van der Waals surface area contributed by atoms with Gasteiger partial charge in [0.25, 0.3) is 0 Å². The van der Waals surface area contributed by atoms with E-state index in [2.05, 4.69) is 4.98 Å². The van der Waals surface area contributed by atoms with Gasteiger partial charge in [0, 0.05) is 6.20 Å². The highest BCUT2D eigenvalue weighted by molar-refractivity contribution is 6.32. The molecule has 2 aromatic rings. The Morgan fingerprint density at radius 3 is 2.89 bits per heavy atom. The molecule has 2 rings (SSSR count). The minimum atomic E-state index is -0.727. The second-order valence-corrected chi connectivity index (χ2v) is 4.12. The molecule has 0 spiro atoms. The highest BCUT2D eigenvalue weighted by Crippen LogP contribution is 2.22. The van der Waals surface area contributed by atoms with Crippen molar-refractivity contribution in [2.45, 2.75) is 6.92 Å². The zero-order valence-corrected chi connectivity index (χ0v) is 10.7. The lowest BCUT2D eigenvalue weighted by Crippen LogP contribution is -2.18. The molecule has 0 unspecified atom stereocenters. The molecule has 0 saturated heterocycles. The molecule has 0 aliphatic rings. The molecule has 0 aliphatic carbocycles. The lowest BCUT2D eigenvalue weighted by Gasteiger charge is -2.05. The molecule has 1 N–H and O–H groups in total. The van der Waals surface area contributed by atoms with E-state index in [0.29, 0.717) is 5.52 Å². The average molecular weight is 277 g/mol. The predicted octanol–water partition coefficient (Wildman–Crippen LogP) is 2.23. The molecule has 5 nitrogen and oxygen atoms in total. The van der Waals surface area contributed by atoms with Crippen LogP contribution in [0.4, 0.5) is 0 Å². The van der Waals surface area contributed by atoms with Crippen molar-refractivity contribution < 1.29 is 9.53 Å². The quantitative estimate of drug-likeness (QED) is 0.853. The van der Waals surface area contributed by atoms with Crippen LogP contribution in [-0.4, -0.2) is 17.6 Å². The number of rotatable bonds is 2. The zero-order valence-electron chi connectivity index (χ0n) is 9.99. The monoisotopic (exact) mass is 276 g/mol. The Morgan fingerprint density at radius 2 is 2.26 bits per heavy atom. The van der Waals surface area contributed by atoms with E-state index in [1.807, 2.05) is 6.07 Å². The predicted molar refractivity (Wildman–Crippen MR) is 70.3 cm³/mol. The van der Waals surface area contributed by atoms with Crippen molar-refractivity contribution in [1.29, 1.82) is 5.26 Å². The van der Waals surface area contributed by atoms with E-state index >= 15 is 0 Å². The summed E-state index contributed by atoms with van der Waals surface area (Å²) < 4.78 is 4.79. The number of H-pyrrole nitrogens is 1. The Bertz CT molecular complexity index is 759. The fraction of sp³-hybridized carbons (Fsp3) is 0.154. The number of hydrogen-bond donors (Lipinski definition) is 1. The van der Waals surface area contributed by atoms with Crippen LogP contribution in [0.15, 0.2) is 23.1 Å². The number of esters is 1. The number of pyridine rings is 1. The van der Waals surface area contributed by atoms with Gasteiger partial charge in [0.05, 0.1) is 28.1 Å². The molecule has 19 heavy (non-hydrogen) atoms. The number of ether oxygens (including phenoxy) is 1. The fourth-order valence-corrected chi connectivity index (χ4v) is 1.95. The van der Waals surface area contributed by atoms with Gasteiger partial charge >= 0.3 is 5.97 Å². The SMILES string of the molecule is CCOC(=O)c1c[nH]c2ccc(Cl)c(C#N)c2c1=O. The topological polar surface area (TPSA) is 82.9 Å². The number of halogens is 1. The third-order valence-corrected chi connectivity index (χ3v) is 2.92. The van der Waals surface area contributed by atoms with Crippen LogP contribution in [0, 0.1) is 11.3 Å². The number of hydrogen-bond acceptors (Lipinski definition) is 4. The van der Waals surface area contributed by atoms with Crippen molar-refractivity contribution in [1.82, 2.24) is 4.98 Å². The Kier molecular flexibility index (Phi) is 3.54. The standard InChI is InChI=1S/C13H9ClN2O3/c1-2-19-13(18)8-6-16-10-4-3-9(14)7(5-15)11(10)12(8)17/h3-4,6H,2H2,1H3,(H,16,17). The van der Waals surface area contributed by atoms with Crippen LogP contribution >= 0.6 is 11.6 Å². The minimum Gasteiger partial charge on any atom is -0.462 e. The van der Waals surface area contributed by atoms with E-state index in [4.69, 9.17) is 21.6 Å². The maximum Gasteiger partial charge on any atom is 0.343 e. The number of carbonyl (C=O) groups is 1. The van der Waals surface area contributed by atoms with E-state index in [1.165, 1.54) is 12.3 Å². The molecule has 0 saturated carbocycles. The van der Waals surface area contributed by atoms with Crippen molar-refractivity contribution in [3.63, 3.8) is 0 Å². The van der Waals surface area contributed by atoms with Crippen molar-refractivity contribution in [3.8, 4) is 6.07 Å². The second kappa shape index (κ2) is 5.12. The fourth-order valence-electron chi connectivity index (χ4n) is 1.75. The molecule has 0 atom stereocenters. The van der Waals surface area contributed by atoms with Crippen LogP contribution in [0.3, 0.4) is 0 Å². The van der Waals surface area contributed by atoms with Gasteiger partial charge in [0.1, 0.15) is 11.6 Å². The first-order valence-electron chi connectivity index (χ1n) is 5.51. The van der Waals surface area contributed by atoms with Gasteiger partial charge in [-0.25, -0.2) is 4.79 Å². The molecule has 0 bridgehead atoms. The number of nitrogens with zero attached hydrogens (tertiary/aromatic N) is 1. The van der Waals surface area contributed by atoms with Gasteiger partial charge < -0.3 is 9.72 Å². The number of carbonyl (C=O) groups excluding carboxylic acids is 1. The van der Waals surface area contributed by atoms with Crippen LogP contribution in [0.1, 0.15) is 22.8 Å². The Labute approximate surface area is 113 Å². The smallest absolute Gasteiger partial charge is 0.343 e. The molecular formula is C13H9ClN2O3. The van der Waals surface area contributed by atoms with Crippen LogP contribution in [-0.2, 0) is 4.74 Å². The van der Waals surface area contributed by atoms with Gasteiger partial charge in [-0.15, -0.1) is 0 Å². The van der Waals surface area contributed by atoms with E-state index in [1.54, 1.807) is 13.0 Å². The third-order valence-electron chi connectivity index (χ3n) is 2.61. The number of nitrogens with one attached hydrogen (secondary N) is 1. The summed E-state index contributed by atoms with van der Waals surface area (Å²) in [6, 6.07) is 4.97. The summed E-state index contributed by atoms with van der Waals surface area (Å²) in [4.78, 5) is 26.7. The van der Waals surface area contributed by atoms with Gasteiger partial charge in [0.2, 0.25) is 5.43 Å².